The van der Waals surface area contributed by atoms with Crippen molar-refractivity contribution in [1.82, 2.24) is 14.5 Å². The van der Waals surface area contributed by atoms with Crippen LogP contribution in [0.3, 0.4) is 0 Å². The van der Waals surface area contributed by atoms with E-state index in [4.69, 9.17) is 5.73 Å². The van der Waals surface area contributed by atoms with E-state index in [9.17, 15) is 5.11 Å². The minimum atomic E-state index is -0.0539. The molecule has 1 aromatic carbocycles. The van der Waals surface area contributed by atoms with E-state index in [-0.39, 0.29) is 6.61 Å². The molecule has 0 saturated heterocycles. The molecule has 1 unspecified atom stereocenters. The summed E-state index contributed by atoms with van der Waals surface area (Å²) >= 11 is 0. The average Bonchev–Trinajstić information content (AvgIpc) is 2.80. The van der Waals surface area contributed by atoms with Crippen molar-refractivity contribution in [2.75, 3.05) is 19.3 Å². The third-order valence-electron chi connectivity index (χ3n) is 4.01. The largest absolute Gasteiger partial charge is 0.399 e. The number of hydrogen-bond acceptors (Lipinski definition) is 4. The van der Waals surface area contributed by atoms with Crippen molar-refractivity contribution in [2.24, 2.45) is 0 Å². The molecule has 2 rings (SSSR count). The fourth-order valence-corrected chi connectivity index (χ4v) is 2.36. The van der Waals surface area contributed by atoms with Crippen LogP contribution < -0.4 is 5.73 Å². The van der Waals surface area contributed by atoms with Crippen LogP contribution >= 0.6 is 0 Å². The minimum absolute atomic E-state index is 0.0539. The van der Waals surface area contributed by atoms with Crippen LogP contribution in [-0.4, -0.2) is 39.2 Å². The van der Waals surface area contributed by atoms with E-state index in [1.165, 1.54) is 0 Å². The monoisotopic (exact) mass is 276 g/mol. The van der Waals surface area contributed by atoms with Gasteiger partial charge in [0.25, 0.3) is 0 Å². The first-order valence-corrected chi connectivity index (χ1v) is 7.12. The van der Waals surface area contributed by atoms with Gasteiger partial charge >= 0.3 is 0 Å². The standard InChI is InChI=1S/C15H24N4O/c1-4-11(2)18(3)7-8-19-14-6-5-12(16)9-13(14)17-15(19)10-20/h5-6,9,11,20H,4,7-8,10,16H2,1-3H3. The Balaban J connectivity index is 2.24. The molecule has 5 nitrogen and oxygen atoms in total. The van der Waals surface area contributed by atoms with Gasteiger partial charge in [-0.15, -0.1) is 0 Å². The van der Waals surface area contributed by atoms with Crippen molar-refractivity contribution in [3.05, 3.63) is 24.0 Å². The van der Waals surface area contributed by atoms with Gasteiger partial charge in [-0.05, 0) is 38.6 Å². The highest BCUT2D eigenvalue weighted by Crippen LogP contribution is 2.19. The Bertz CT molecular complexity index is 579. The van der Waals surface area contributed by atoms with Crippen molar-refractivity contribution in [1.29, 1.82) is 0 Å². The second kappa shape index (κ2) is 6.24. The van der Waals surface area contributed by atoms with Crippen LogP contribution in [0.15, 0.2) is 18.2 Å². The number of nitrogen functional groups attached to an aromatic ring is 1. The predicted molar refractivity (Wildman–Crippen MR) is 82.5 cm³/mol. The lowest BCUT2D eigenvalue weighted by Crippen LogP contribution is -2.31. The van der Waals surface area contributed by atoms with E-state index < -0.39 is 0 Å². The van der Waals surface area contributed by atoms with Gasteiger partial charge in [0.2, 0.25) is 0 Å². The SMILES string of the molecule is CCC(C)N(C)CCn1c(CO)nc2cc(N)ccc21. The van der Waals surface area contributed by atoms with Gasteiger partial charge in [-0.3, -0.25) is 0 Å². The van der Waals surface area contributed by atoms with E-state index in [1.807, 2.05) is 18.2 Å². The number of nitrogens with two attached hydrogens (primary N) is 1. The summed E-state index contributed by atoms with van der Waals surface area (Å²) in [5, 5.41) is 9.48. The smallest absolute Gasteiger partial charge is 0.135 e. The van der Waals surface area contributed by atoms with E-state index in [2.05, 4.69) is 35.3 Å². The van der Waals surface area contributed by atoms with Crippen molar-refractivity contribution in [3.63, 3.8) is 0 Å². The van der Waals surface area contributed by atoms with Crippen LogP contribution in [0.4, 0.5) is 5.69 Å². The van der Waals surface area contributed by atoms with Crippen molar-refractivity contribution >= 4 is 16.7 Å². The molecule has 0 aliphatic rings. The number of benzene rings is 1. The summed E-state index contributed by atoms with van der Waals surface area (Å²) in [7, 11) is 2.13. The molecule has 3 N–H and O–H groups in total. The van der Waals surface area contributed by atoms with Gasteiger partial charge < -0.3 is 20.3 Å². The van der Waals surface area contributed by atoms with Gasteiger partial charge in [0.1, 0.15) is 12.4 Å². The number of nitrogens with zero attached hydrogens (tertiary/aromatic N) is 3. The molecule has 0 saturated carbocycles. The molecular formula is C15H24N4O. The first kappa shape index (κ1) is 14.8. The number of anilines is 1. The summed E-state index contributed by atoms with van der Waals surface area (Å²) < 4.78 is 2.08. The maximum absolute atomic E-state index is 9.48. The Kier molecular flexibility index (Phi) is 4.62. The van der Waals surface area contributed by atoms with Crippen molar-refractivity contribution in [2.45, 2.75) is 39.5 Å². The third kappa shape index (κ3) is 2.94. The number of hydrogen-bond donors (Lipinski definition) is 2. The van der Waals surface area contributed by atoms with Crippen LogP contribution in [0.1, 0.15) is 26.1 Å². The minimum Gasteiger partial charge on any atom is -0.399 e. The molecule has 20 heavy (non-hydrogen) atoms. The molecule has 110 valence electrons. The predicted octanol–water partition coefficient (Wildman–Crippen LogP) is 1.84. The summed E-state index contributed by atoms with van der Waals surface area (Å²) in [6.45, 7) is 6.10. The Morgan fingerprint density at radius 2 is 2.20 bits per heavy atom. The zero-order chi connectivity index (χ0) is 14.7. The van der Waals surface area contributed by atoms with Gasteiger partial charge in [0.15, 0.2) is 0 Å². The van der Waals surface area contributed by atoms with Gasteiger partial charge in [0, 0.05) is 24.8 Å². The van der Waals surface area contributed by atoms with Crippen LogP contribution in [0.5, 0.6) is 0 Å². The molecule has 0 bridgehead atoms. The number of aliphatic hydroxyl groups excluding tert-OH is 1. The molecule has 1 aromatic heterocycles. The molecule has 0 fully saturated rings. The molecule has 0 spiro atoms. The lowest BCUT2D eigenvalue weighted by atomic mass is 10.2. The van der Waals surface area contributed by atoms with Gasteiger partial charge in [-0.1, -0.05) is 6.92 Å². The van der Waals surface area contributed by atoms with Crippen LogP contribution in [0.2, 0.25) is 0 Å². The van der Waals surface area contributed by atoms with E-state index >= 15 is 0 Å². The highest BCUT2D eigenvalue weighted by Gasteiger charge is 2.12. The Labute approximate surface area is 120 Å². The lowest BCUT2D eigenvalue weighted by Gasteiger charge is -2.24. The summed E-state index contributed by atoms with van der Waals surface area (Å²) in [6, 6.07) is 6.25. The Hall–Kier alpha value is -1.59. The summed E-state index contributed by atoms with van der Waals surface area (Å²) in [5.41, 5.74) is 8.36. The maximum Gasteiger partial charge on any atom is 0.135 e. The van der Waals surface area contributed by atoms with E-state index in [1.54, 1.807) is 0 Å². The topological polar surface area (TPSA) is 67.3 Å². The zero-order valence-electron chi connectivity index (χ0n) is 12.5. The fraction of sp³-hybridized carbons (Fsp3) is 0.533. The molecule has 2 aromatic rings. The molecule has 0 radical (unpaired) electrons. The second-order valence-corrected chi connectivity index (χ2v) is 5.32. The van der Waals surface area contributed by atoms with Crippen molar-refractivity contribution in [3.8, 4) is 0 Å². The molecule has 0 amide bonds. The molecule has 1 heterocycles. The molecule has 0 aliphatic carbocycles. The normalized spacial score (nSPS) is 13.2. The number of rotatable bonds is 6. The quantitative estimate of drug-likeness (QED) is 0.790. The zero-order valence-corrected chi connectivity index (χ0v) is 12.5. The fourth-order valence-electron chi connectivity index (χ4n) is 2.36. The van der Waals surface area contributed by atoms with Crippen LogP contribution in [0.25, 0.3) is 11.0 Å². The van der Waals surface area contributed by atoms with Crippen LogP contribution in [-0.2, 0) is 13.2 Å². The molecule has 0 aliphatic heterocycles. The van der Waals surface area contributed by atoms with Gasteiger partial charge in [-0.25, -0.2) is 4.98 Å². The number of likely N-dealkylation sites (N-methyl/N-ethyl adjacent to an activating group) is 1. The summed E-state index contributed by atoms with van der Waals surface area (Å²) in [6.07, 6.45) is 1.13. The number of aliphatic hydroxyl groups is 1. The Morgan fingerprint density at radius 1 is 1.45 bits per heavy atom. The third-order valence-corrected chi connectivity index (χ3v) is 4.01. The second-order valence-electron chi connectivity index (χ2n) is 5.32. The van der Waals surface area contributed by atoms with Gasteiger partial charge in [-0.2, -0.15) is 0 Å². The van der Waals surface area contributed by atoms with Crippen molar-refractivity contribution < 1.29 is 5.11 Å². The lowest BCUT2D eigenvalue weighted by molar-refractivity contribution is 0.234. The highest BCUT2D eigenvalue weighted by molar-refractivity contribution is 5.79. The summed E-state index contributed by atoms with van der Waals surface area (Å²) in [5.74, 6) is 0.697. The maximum atomic E-state index is 9.48. The van der Waals surface area contributed by atoms with E-state index in [0.717, 1.165) is 30.5 Å². The van der Waals surface area contributed by atoms with Crippen LogP contribution in [0, 0.1) is 0 Å². The Morgan fingerprint density at radius 3 is 2.85 bits per heavy atom. The van der Waals surface area contributed by atoms with E-state index in [0.29, 0.717) is 17.6 Å². The molecular weight excluding hydrogens is 252 g/mol. The summed E-state index contributed by atoms with van der Waals surface area (Å²) in [4.78, 5) is 6.77. The first-order valence-electron chi connectivity index (χ1n) is 7.12. The number of aromatic nitrogens is 2. The number of imidazole rings is 1. The average molecular weight is 276 g/mol. The first-order chi connectivity index (χ1) is 9.56. The molecule has 5 heteroatoms. The highest BCUT2D eigenvalue weighted by atomic mass is 16.3. The number of fused-ring (bicyclic) bond motifs is 1. The van der Waals surface area contributed by atoms with Gasteiger partial charge in [0.05, 0.1) is 11.0 Å². The molecule has 1 atom stereocenters.